The summed E-state index contributed by atoms with van der Waals surface area (Å²) in [7, 11) is 0. The molecule has 0 heterocycles. The van der Waals surface area contributed by atoms with E-state index in [9.17, 15) is 0 Å². The van der Waals surface area contributed by atoms with Crippen molar-refractivity contribution in [2.75, 3.05) is 11.9 Å². The number of aliphatic hydroxyl groups excluding tert-OH is 1. The third-order valence-corrected chi connectivity index (χ3v) is 2.82. The number of hydrogen-bond acceptors (Lipinski definition) is 2. The van der Waals surface area contributed by atoms with Gasteiger partial charge < -0.3 is 10.4 Å². The summed E-state index contributed by atoms with van der Waals surface area (Å²) in [5.74, 6) is 0. The van der Waals surface area contributed by atoms with E-state index in [4.69, 9.17) is 16.7 Å². The predicted molar refractivity (Wildman–Crippen MR) is 59.3 cm³/mol. The summed E-state index contributed by atoms with van der Waals surface area (Å²) in [6, 6.07) is 5.61. The summed E-state index contributed by atoms with van der Waals surface area (Å²) in [5.41, 5.74) is 0.942. The lowest BCUT2D eigenvalue weighted by molar-refractivity contribution is 0.281. The van der Waals surface area contributed by atoms with Gasteiger partial charge in [-0.25, -0.2) is 0 Å². The minimum absolute atomic E-state index is 0.0491. The highest BCUT2D eigenvalue weighted by Gasteiger charge is 2.01. The molecule has 0 aliphatic carbocycles. The molecule has 0 spiro atoms. The first-order valence-electron chi connectivity index (χ1n) is 3.96. The number of nitrogens with one attached hydrogen (secondary N) is 1. The van der Waals surface area contributed by atoms with E-state index in [1.54, 1.807) is 6.07 Å². The normalized spacial score (nSPS) is 12.6. The van der Waals surface area contributed by atoms with E-state index in [1.807, 2.05) is 19.1 Å². The van der Waals surface area contributed by atoms with Crippen LogP contribution < -0.4 is 5.32 Å². The maximum absolute atomic E-state index is 8.82. The molecule has 4 heteroatoms. The van der Waals surface area contributed by atoms with Gasteiger partial charge in [-0.3, -0.25) is 0 Å². The van der Waals surface area contributed by atoms with Crippen LogP contribution in [0.5, 0.6) is 0 Å². The molecule has 1 aromatic carbocycles. The van der Waals surface area contributed by atoms with Crippen LogP contribution in [0.4, 0.5) is 5.69 Å². The largest absolute Gasteiger partial charge is 0.394 e. The molecule has 0 aromatic heterocycles. The average Bonchev–Trinajstić information content (AvgIpc) is 2.11. The van der Waals surface area contributed by atoms with Gasteiger partial charge in [-0.2, -0.15) is 0 Å². The molecule has 0 aliphatic heterocycles. The maximum Gasteiger partial charge on any atom is 0.0630 e. The van der Waals surface area contributed by atoms with E-state index < -0.39 is 0 Å². The Bertz CT molecular complexity index is 293. The van der Waals surface area contributed by atoms with Crippen molar-refractivity contribution in [2.24, 2.45) is 0 Å². The number of anilines is 1. The molecule has 13 heavy (non-hydrogen) atoms. The van der Waals surface area contributed by atoms with Gasteiger partial charge in [-0.1, -0.05) is 11.6 Å². The van der Waals surface area contributed by atoms with E-state index in [1.165, 1.54) is 0 Å². The van der Waals surface area contributed by atoms with Gasteiger partial charge >= 0.3 is 0 Å². The number of rotatable bonds is 3. The zero-order valence-corrected chi connectivity index (χ0v) is 9.56. The lowest BCUT2D eigenvalue weighted by Crippen LogP contribution is -2.19. The van der Waals surface area contributed by atoms with Crippen molar-refractivity contribution in [3.63, 3.8) is 0 Å². The summed E-state index contributed by atoms with van der Waals surface area (Å²) >= 11 is 9.15. The van der Waals surface area contributed by atoms with E-state index in [0.717, 1.165) is 10.2 Å². The Balaban J connectivity index is 2.73. The molecule has 1 rings (SSSR count). The summed E-state index contributed by atoms with van der Waals surface area (Å²) in [6.45, 7) is 2.02. The maximum atomic E-state index is 8.82. The molecule has 2 nitrogen and oxygen atoms in total. The minimum Gasteiger partial charge on any atom is -0.394 e. The summed E-state index contributed by atoms with van der Waals surface area (Å²) in [4.78, 5) is 0. The molecule has 1 unspecified atom stereocenters. The Morgan fingerprint density at radius 2 is 2.31 bits per heavy atom. The fourth-order valence-electron chi connectivity index (χ4n) is 0.916. The van der Waals surface area contributed by atoms with Gasteiger partial charge in [0.25, 0.3) is 0 Å². The van der Waals surface area contributed by atoms with Crippen LogP contribution >= 0.6 is 27.5 Å². The van der Waals surface area contributed by atoms with Crippen molar-refractivity contribution in [1.82, 2.24) is 0 Å². The minimum atomic E-state index is 0.0491. The Morgan fingerprint density at radius 3 is 2.85 bits per heavy atom. The first kappa shape index (κ1) is 10.8. The van der Waals surface area contributed by atoms with Crippen LogP contribution in [-0.4, -0.2) is 17.8 Å². The summed E-state index contributed by atoms with van der Waals surface area (Å²) in [5, 5.41) is 12.6. The predicted octanol–water partition coefficient (Wildman–Crippen LogP) is 2.90. The number of halogens is 2. The number of aliphatic hydroxyl groups is 1. The van der Waals surface area contributed by atoms with Gasteiger partial charge in [-0.05, 0) is 41.1 Å². The monoisotopic (exact) mass is 263 g/mol. The van der Waals surface area contributed by atoms with Crippen molar-refractivity contribution >= 4 is 33.2 Å². The van der Waals surface area contributed by atoms with Crippen molar-refractivity contribution in [3.8, 4) is 0 Å². The lowest BCUT2D eigenvalue weighted by atomic mass is 10.3. The van der Waals surface area contributed by atoms with Crippen molar-refractivity contribution in [3.05, 3.63) is 27.7 Å². The summed E-state index contributed by atoms with van der Waals surface area (Å²) < 4.78 is 0.851. The third-order valence-electron chi connectivity index (χ3n) is 1.61. The smallest absolute Gasteiger partial charge is 0.0630 e. The van der Waals surface area contributed by atoms with Crippen molar-refractivity contribution in [1.29, 1.82) is 0 Å². The standard InChI is InChI=1S/C9H11BrClNO/c1-6(5-13)12-7-2-3-9(11)8(10)4-7/h2-4,6,12-13H,5H2,1H3. The molecule has 0 bridgehead atoms. The molecule has 0 radical (unpaired) electrons. The third kappa shape index (κ3) is 3.18. The molecule has 0 aliphatic rings. The molecule has 2 N–H and O–H groups in total. The van der Waals surface area contributed by atoms with Gasteiger partial charge in [-0.15, -0.1) is 0 Å². The zero-order valence-electron chi connectivity index (χ0n) is 7.22. The SMILES string of the molecule is CC(CO)Nc1ccc(Cl)c(Br)c1. The quantitative estimate of drug-likeness (QED) is 0.880. The van der Waals surface area contributed by atoms with Gasteiger partial charge in [0.2, 0.25) is 0 Å². The average molecular weight is 265 g/mol. The molecule has 0 saturated carbocycles. The van der Waals surface area contributed by atoms with Crippen LogP contribution in [0.25, 0.3) is 0 Å². The molecule has 0 amide bonds. The van der Waals surface area contributed by atoms with Gasteiger partial charge in [0.15, 0.2) is 0 Å². The first-order valence-corrected chi connectivity index (χ1v) is 5.13. The van der Waals surface area contributed by atoms with Crippen LogP contribution in [0.1, 0.15) is 6.92 Å². The second-order valence-electron chi connectivity index (χ2n) is 2.86. The zero-order chi connectivity index (χ0) is 9.84. The highest BCUT2D eigenvalue weighted by molar-refractivity contribution is 9.10. The van der Waals surface area contributed by atoms with Gasteiger partial charge in [0, 0.05) is 16.2 Å². The molecular weight excluding hydrogens is 253 g/mol. The molecule has 0 fully saturated rings. The Labute approximate surface area is 91.0 Å². The topological polar surface area (TPSA) is 32.3 Å². The fraction of sp³-hybridized carbons (Fsp3) is 0.333. The Kier molecular flexibility index (Phi) is 4.03. The van der Waals surface area contributed by atoms with Crippen LogP contribution in [0, 0.1) is 0 Å². The van der Waals surface area contributed by atoms with Crippen LogP contribution in [0.2, 0.25) is 5.02 Å². The Hall–Kier alpha value is -0.250. The molecule has 1 aromatic rings. The molecule has 72 valence electrons. The number of benzene rings is 1. The van der Waals surface area contributed by atoms with Crippen molar-refractivity contribution < 1.29 is 5.11 Å². The molecule has 0 saturated heterocycles. The van der Waals surface area contributed by atoms with Gasteiger partial charge in [0.05, 0.1) is 11.6 Å². The first-order chi connectivity index (χ1) is 6.13. The van der Waals surface area contributed by atoms with E-state index in [2.05, 4.69) is 21.2 Å². The van der Waals surface area contributed by atoms with Crippen molar-refractivity contribution in [2.45, 2.75) is 13.0 Å². The van der Waals surface area contributed by atoms with E-state index in [0.29, 0.717) is 5.02 Å². The lowest BCUT2D eigenvalue weighted by Gasteiger charge is -2.12. The van der Waals surface area contributed by atoms with Gasteiger partial charge in [0.1, 0.15) is 0 Å². The van der Waals surface area contributed by atoms with E-state index in [-0.39, 0.29) is 12.6 Å². The Morgan fingerprint density at radius 1 is 1.62 bits per heavy atom. The highest BCUT2D eigenvalue weighted by atomic mass is 79.9. The van der Waals surface area contributed by atoms with E-state index >= 15 is 0 Å². The number of hydrogen-bond donors (Lipinski definition) is 2. The second kappa shape index (κ2) is 4.84. The molecular formula is C9H11BrClNO. The second-order valence-corrected chi connectivity index (χ2v) is 4.12. The van der Waals surface area contributed by atoms with Crippen LogP contribution in [0.3, 0.4) is 0 Å². The fourth-order valence-corrected chi connectivity index (χ4v) is 1.41. The van der Waals surface area contributed by atoms with Crippen LogP contribution in [0.15, 0.2) is 22.7 Å². The summed E-state index contributed by atoms with van der Waals surface area (Å²) in [6.07, 6.45) is 0. The molecule has 1 atom stereocenters. The van der Waals surface area contributed by atoms with Crippen LogP contribution in [-0.2, 0) is 0 Å². The highest BCUT2D eigenvalue weighted by Crippen LogP contribution is 2.25.